The molecule has 0 atom stereocenters. The number of hydrogen-bond donors (Lipinski definition) is 4. The number of fused-ring (bicyclic) bond motifs is 2. The van der Waals surface area contributed by atoms with E-state index in [9.17, 15) is 27.4 Å². The first-order chi connectivity index (χ1) is 17.7. The lowest BCUT2D eigenvalue weighted by Gasteiger charge is -2.25. The Morgan fingerprint density at radius 1 is 1.03 bits per heavy atom. The molecule has 38 heavy (non-hydrogen) atoms. The van der Waals surface area contributed by atoms with Gasteiger partial charge in [0, 0.05) is 23.4 Å². The Hall–Kier alpha value is -3.99. The Morgan fingerprint density at radius 2 is 1.61 bits per heavy atom. The van der Waals surface area contributed by atoms with Crippen molar-refractivity contribution >= 4 is 56.3 Å². The molecular formula is C27H24ClN3O6S. The molecule has 3 aromatic rings. The Balaban J connectivity index is 1.93. The summed E-state index contributed by atoms with van der Waals surface area (Å²) >= 11 is 5.67. The van der Waals surface area contributed by atoms with Crippen molar-refractivity contribution < 1.29 is 27.4 Å². The highest BCUT2D eigenvalue weighted by molar-refractivity contribution is 7.86. The first-order valence-electron chi connectivity index (χ1n) is 11.4. The minimum Gasteiger partial charge on any atom is -0.397 e. The van der Waals surface area contributed by atoms with Crippen molar-refractivity contribution in [2.75, 3.05) is 11.1 Å². The number of amides is 1. The van der Waals surface area contributed by atoms with Crippen LogP contribution in [0.2, 0.25) is 0 Å². The highest BCUT2D eigenvalue weighted by Crippen LogP contribution is 2.41. The zero-order valence-corrected chi connectivity index (χ0v) is 22.3. The molecule has 9 nitrogen and oxygen atoms in total. The van der Waals surface area contributed by atoms with Crippen LogP contribution in [-0.4, -0.2) is 30.4 Å². The van der Waals surface area contributed by atoms with Crippen LogP contribution in [0.5, 0.6) is 0 Å². The molecule has 4 rings (SSSR count). The second-order valence-electron chi connectivity index (χ2n) is 8.97. The van der Waals surface area contributed by atoms with Crippen molar-refractivity contribution in [3.05, 3.63) is 92.5 Å². The van der Waals surface area contributed by atoms with Crippen LogP contribution in [0.4, 0.5) is 17.1 Å². The molecule has 3 aromatic carbocycles. The lowest BCUT2D eigenvalue weighted by Crippen LogP contribution is -2.25. The topological polar surface area (TPSA) is 156 Å². The Kier molecular flexibility index (Phi) is 6.92. The van der Waals surface area contributed by atoms with Crippen LogP contribution in [-0.2, 0) is 21.5 Å². The number of aryl methyl sites for hydroxylation is 2. The molecule has 0 radical (unpaired) electrons. The second-order valence-corrected chi connectivity index (χ2v) is 10.8. The quantitative estimate of drug-likeness (QED) is 0.156. The summed E-state index contributed by atoms with van der Waals surface area (Å²) in [5, 5.41) is 5.62. The smallest absolute Gasteiger partial charge is 0.296 e. The molecule has 5 N–H and O–H groups in total. The van der Waals surface area contributed by atoms with Gasteiger partial charge in [0.1, 0.15) is 4.90 Å². The van der Waals surface area contributed by atoms with Gasteiger partial charge in [0.15, 0.2) is 11.6 Å². The zero-order valence-electron chi connectivity index (χ0n) is 20.7. The third kappa shape index (κ3) is 4.58. The van der Waals surface area contributed by atoms with Crippen molar-refractivity contribution in [1.29, 1.82) is 0 Å². The van der Waals surface area contributed by atoms with Gasteiger partial charge in [0.05, 0.1) is 27.5 Å². The predicted octanol–water partition coefficient (Wildman–Crippen LogP) is 4.33. The van der Waals surface area contributed by atoms with Crippen LogP contribution < -0.4 is 16.4 Å². The maximum Gasteiger partial charge on any atom is 0.296 e. The number of halogens is 1. The Labute approximate surface area is 224 Å². The summed E-state index contributed by atoms with van der Waals surface area (Å²) in [5.74, 6) is -1.70. The number of rotatable bonds is 6. The minimum atomic E-state index is -4.86. The average Bonchev–Trinajstić information content (AvgIpc) is 2.84. The Morgan fingerprint density at radius 3 is 2.16 bits per heavy atom. The molecule has 0 heterocycles. The van der Waals surface area contributed by atoms with E-state index in [4.69, 9.17) is 17.3 Å². The Bertz CT molecular complexity index is 1700. The highest BCUT2D eigenvalue weighted by atomic mass is 35.5. The summed E-state index contributed by atoms with van der Waals surface area (Å²) in [7, 11) is -4.86. The number of nitrogen functional groups attached to an aromatic ring is 1. The van der Waals surface area contributed by atoms with Crippen LogP contribution in [0.1, 0.15) is 54.1 Å². The van der Waals surface area contributed by atoms with Gasteiger partial charge >= 0.3 is 0 Å². The van der Waals surface area contributed by atoms with Gasteiger partial charge in [-0.2, -0.15) is 8.42 Å². The second kappa shape index (κ2) is 9.71. The summed E-state index contributed by atoms with van der Waals surface area (Å²) in [4.78, 5) is 38.2. The van der Waals surface area contributed by atoms with Gasteiger partial charge in [-0.05, 0) is 49.1 Å². The fraction of sp³-hybridized carbons (Fsp3) is 0.148. The summed E-state index contributed by atoms with van der Waals surface area (Å²) in [6, 6.07) is 9.04. The van der Waals surface area contributed by atoms with Gasteiger partial charge in [-0.1, -0.05) is 48.5 Å². The van der Waals surface area contributed by atoms with E-state index in [-0.39, 0.29) is 39.5 Å². The predicted molar refractivity (Wildman–Crippen MR) is 145 cm³/mol. The molecule has 11 heteroatoms. The number of hydrogen-bond acceptors (Lipinski definition) is 7. The van der Waals surface area contributed by atoms with Gasteiger partial charge in [-0.25, -0.2) is 0 Å². The van der Waals surface area contributed by atoms with Crippen molar-refractivity contribution in [3.8, 4) is 0 Å². The first kappa shape index (κ1) is 27.1. The summed E-state index contributed by atoms with van der Waals surface area (Å²) < 4.78 is 34.3. The van der Waals surface area contributed by atoms with Gasteiger partial charge in [0.2, 0.25) is 0 Å². The maximum atomic E-state index is 13.6. The van der Waals surface area contributed by atoms with E-state index in [1.165, 1.54) is 12.1 Å². The van der Waals surface area contributed by atoms with Crippen LogP contribution in [0.15, 0.2) is 52.9 Å². The van der Waals surface area contributed by atoms with Crippen LogP contribution in [0.3, 0.4) is 0 Å². The minimum absolute atomic E-state index is 0.0196. The van der Waals surface area contributed by atoms with Gasteiger partial charge in [-0.3, -0.25) is 18.9 Å². The van der Waals surface area contributed by atoms with E-state index in [0.29, 0.717) is 11.3 Å². The van der Waals surface area contributed by atoms with Crippen LogP contribution in [0.25, 0.3) is 0 Å². The molecule has 1 amide bonds. The van der Waals surface area contributed by atoms with E-state index in [1.54, 1.807) is 26.0 Å². The molecule has 0 unspecified atom stereocenters. The van der Waals surface area contributed by atoms with E-state index < -0.39 is 38.2 Å². The number of carbonyl (C=O) groups is 3. The molecule has 0 spiro atoms. The number of anilines is 3. The number of benzene rings is 3. The van der Waals surface area contributed by atoms with E-state index >= 15 is 0 Å². The van der Waals surface area contributed by atoms with Crippen molar-refractivity contribution in [2.45, 2.75) is 32.2 Å². The molecule has 0 bridgehead atoms. The van der Waals surface area contributed by atoms with Gasteiger partial charge in [0.25, 0.3) is 16.0 Å². The normalized spacial score (nSPS) is 12.6. The van der Waals surface area contributed by atoms with Crippen molar-refractivity contribution in [1.82, 2.24) is 5.32 Å². The standard InChI is InChI=1S/C27H24ClN3O6S/c1-12-9-13(2)24(14(3)18(12)11-30-27(34)15(4)28)31-19-10-20(38(35,36)37)23(29)22-21(19)25(32)16-7-5-6-8-17(16)26(22)33/h5-10,31H,4,11,29H2,1-3H3,(H,30,34)(H,35,36,37). The largest absolute Gasteiger partial charge is 0.397 e. The summed E-state index contributed by atoms with van der Waals surface area (Å²) in [5.41, 5.74) is 8.90. The lowest BCUT2D eigenvalue weighted by molar-refractivity contribution is -0.117. The zero-order chi connectivity index (χ0) is 28.1. The summed E-state index contributed by atoms with van der Waals surface area (Å²) in [6.07, 6.45) is 0. The van der Waals surface area contributed by atoms with E-state index in [0.717, 1.165) is 22.8 Å². The average molecular weight is 554 g/mol. The van der Waals surface area contributed by atoms with Gasteiger partial charge in [-0.15, -0.1) is 0 Å². The molecule has 0 aliphatic heterocycles. The third-order valence-corrected chi connectivity index (χ3v) is 7.61. The SMILES string of the molecule is C=C(Cl)C(=O)NCc1c(C)cc(C)c(Nc2cc(S(=O)(=O)O)c(N)c3c2C(=O)c2ccccc2C3=O)c1C. The van der Waals surface area contributed by atoms with Crippen molar-refractivity contribution in [2.24, 2.45) is 0 Å². The maximum absolute atomic E-state index is 13.6. The molecule has 0 saturated carbocycles. The van der Waals surface area contributed by atoms with E-state index in [1.807, 2.05) is 13.0 Å². The number of carbonyl (C=O) groups excluding carboxylic acids is 3. The number of nitrogens with two attached hydrogens (primary N) is 1. The summed E-state index contributed by atoms with van der Waals surface area (Å²) in [6.45, 7) is 8.99. The van der Waals surface area contributed by atoms with Crippen molar-refractivity contribution in [3.63, 3.8) is 0 Å². The third-order valence-electron chi connectivity index (χ3n) is 6.54. The van der Waals surface area contributed by atoms with Crippen LogP contribution >= 0.6 is 11.6 Å². The fourth-order valence-corrected chi connectivity index (χ4v) is 5.41. The molecule has 1 aliphatic rings. The lowest BCUT2D eigenvalue weighted by atomic mass is 9.82. The number of ketones is 2. The molecular weight excluding hydrogens is 530 g/mol. The first-order valence-corrected chi connectivity index (χ1v) is 13.2. The molecule has 0 aromatic heterocycles. The van der Waals surface area contributed by atoms with Gasteiger partial charge < -0.3 is 16.4 Å². The monoisotopic (exact) mass is 553 g/mol. The molecule has 0 fully saturated rings. The fourth-order valence-electron chi connectivity index (χ4n) is 4.70. The van der Waals surface area contributed by atoms with Crippen LogP contribution in [0, 0.1) is 20.8 Å². The molecule has 0 saturated heterocycles. The highest BCUT2D eigenvalue weighted by Gasteiger charge is 2.36. The van der Waals surface area contributed by atoms with E-state index in [2.05, 4.69) is 17.2 Å². The molecule has 196 valence electrons. The number of nitrogens with one attached hydrogen (secondary N) is 2. The molecule has 1 aliphatic carbocycles.